The summed E-state index contributed by atoms with van der Waals surface area (Å²) in [7, 11) is 3.28. The lowest BCUT2D eigenvalue weighted by Crippen LogP contribution is -2.08. The van der Waals surface area contributed by atoms with E-state index in [0.29, 0.717) is 0 Å². The molecule has 1 atom stereocenters. The molecule has 1 rings (SSSR count). The first-order valence-electron chi connectivity index (χ1n) is 4.69. The Bertz CT molecular complexity index is 364. The molecule has 0 aliphatic rings. The number of benzene rings is 1. The van der Waals surface area contributed by atoms with Crippen molar-refractivity contribution in [1.29, 1.82) is 0 Å². The maximum atomic E-state index is 5.88. The van der Waals surface area contributed by atoms with E-state index in [2.05, 4.69) is 15.9 Å². The summed E-state index contributed by atoms with van der Waals surface area (Å²) in [5, 5.41) is 0. The van der Waals surface area contributed by atoms with Gasteiger partial charge < -0.3 is 15.2 Å². The van der Waals surface area contributed by atoms with E-state index in [-0.39, 0.29) is 6.04 Å². The van der Waals surface area contributed by atoms with Gasteiger partial charge in [-0.15, -0.1) is 0 Å². The molecule has 84 valence electrons. The molecule has 1 unspecified atom stereocenters. The topological polar surface area (TPSA) is 44.5 Å². The zero-order chi connectivity index (χ0) is 11.6. The summed E-state index contributed by atoms with van der Waals surface area (Å²) in [5.74, 6) is 1.60. The molecule has 0 saturated heterocycles. The quantitative estimate of drug-likeness (QED) is 0.921. The van der Waals surface area contributed by atoms with Gasteiger partial charge >= 0.3 is 0 Å². The third kappa shape index (κ3) is 2.26. The molecule has 0 aliphatic heterocycles. The van der Waals surface area contributed by atoms with Crippen molar-refractivity contribution in [3.63, 3.8) is 0 Å². The molecule has 0 saturated carbocycles. The largest absolute Gasteiger partial charge is 0.496 e. The highest BCUT2D eigenvalue weighted by Crippen LogP contribution is 2.39. The maximum absolute atomic E-state index is 5.88. The lowest BCUT2D eigenvalue weighted by Gasteiger charge is -2.17. The Morgan fingerprint density at radius 1 is 1.33 bits per heavy atom. The van der Waals surface area contributed by atoms with Crippen LogP contribution in [0, 0.1) is 6.92 Å². The van der Waals surface area contributed by atoms with Gasteiger partial charge in [0.2, 0.25) is 0 Å². The molecule has 0 heterocycles. The number of methoxy groups -OCH3 is 2. The Morgan fingerprint density at radius 2 is 1.93 bits per heavy atom. The highest BCUT2D eigenvalue weighted by atomic mass is 79.9. The van der Waals surface area contributed by atoms with E-state index in [0.717, 1.165) is 27.1 Å². The third-order valence-electron chi connectivity index (χ3n) is 2.36. The minimum absolute atomic E-state index is 0.0919. The fourth-order valence-corrected chi connectivity index (χ4v) is 2.06. The Labute approximate surface area is 98.7 Å². The van der Waals surface area contributed by atoms with E-state index < -0.39 is 0 Å². The molecule has 15 heavy (non-hydrogen) atoms. The summed E-state index contributed by atoms with van der Waals surface area (Å²) in [5.41, 5.74) is 7.83. The van der Waals surface area contributed by atoms with E-state index in [1.165, 1.54) is 0 Å². The van der Waals surface area contributed by atoms with Gasteiger partial charge in [-0.05, 0) is 35.8 Å². The van der Waals surface area contributed by atoms with Crippen LogP contribution >= 0.6 is 15.9 Å². The van der Waals surface area contributed by atoms with Crippen molar-refractivity contribution >= 4 is 15.9 Å². The average molecular weight is 274 g/mol. The standard InChI is InChI=1S/C11H16BrNO2/c1-6-9(14-3)5-8(7(2)13)11(15-4)10(6)12/h5,7H,13H2,1-4H3. The molecule has 0 amide bonds. The second-order valence-electron chi connectivity index (χ2n) is 3.43. The van der Waals surface area contributed by atoms with Crippen molar-refractivity contribution in [2.24, 2.45) is 5.73 Å². The smallest absolute Gasteiger partial charge is 0.138 e. The van der Waals surface area contributed by atoms with Gasteiger partial charge in [0.1, 0.15) is 11.5 Å². The average Bonchev–Trinajstić information content (AvgIpc) is 2.21. The number of hydrogen-bond donors (Lipinski definition) is 1. The second kappa shape index (κ2) is 4.86. The molecule has 4 heteroatoms. The van der Waals surface area contributed by atoms with Gasteiger partial charge in [-0.2, -0.15) is 0 Å². The number of nitrogens with two attached hydrogens (primary N) is 1. The number of ether oxygens (including phenoxy) is 2. The van der Waals surface area contributed by atoms with Crippen molar-refractivity contribution < 1.29 is 9.47 Å². The van der Waals surface area contributed by atoms with Crippen LogP contribution in [-0.4, -0.2) is 14.2 Å². The Balaban J connectivity index is 3.44. The molecular formula is C11H16BrNO2. The first-order chi connectivity index (χ1) is 7.02. The maximum Gasteiger partial charge on any atom is 0.138 e. The summed E-state index contributed by atoms with van der Waals surface area (Å²) in [6.07, 6.45) is 0. The molecule has 0 spiro atoms. The third-order valence-corrected chi connectivity index (χ3v) is 3.32. The zero-order valence-corrected chi connectivity index (χ0v) is 11.0. The van der Waals surface area contributed by atoms with Crippen molar-refractivity contribution in [2.45, 2.75) is 19.9 Å². The molecule has 0 radical (unpaired) electrons. The summed E-state index contributed by atoms with van der Waals surface area (Å²) < 4.78 is 11.5. The highest BCUT2D eigenvalue weighted by Gasteiger charge is 2.16. The van der Waals surface area contributed by atoms with Gasteiger partial charge in [-0.25, -0.2) is 0 Å². The van der Waals surface area contributed by atoms with Crippen molar-refractivity contribution in [3.05, 3.63) is 21.7 Å². The van der Waals surface area contributed by atoms with Gasteiger partial charge in [0, 0.05) is 17.2 Å². The van der Waals surface area contributed by atoms with Crippen LogP contribution in [0.2, 0.25) is 0 Å². The summed E-state index contributed by atoms with van der Waals surface area (Å²) >= 11 is 3.49. The predicted octanol–water partition coefficient (Wildman–Crippen LogP) is 2.79. The van der Waals surface area contributed by atoms with Crippen LogP contribution in [0.1, 0.15) is 24.1 Å². The molecule has 0 aliphatic carbocycles. The van der Waals surface area contributed by atoms with Crippen LogP contribution in [0.4, 0.5) is 0 Å². The van der Waals surface area contributed by atoms with Crippen LogP contribution in [-0.2, 0) is 0 Å². The van der Waals surface area contributed by atoms with Crippen LogP contribution in [0.15, 0.2) is 10.5 Å². The molecular weight excluding hydrogens is 258 g/mol. The Kier molecular flexibility index (Phi) is 3.99. The Morgan fingerprint density at radius 3 is 2.33 bits per heavy atom. The molecule has 0 fully saturated rings. The van der Waals surface area contributed by atoms with Gasteiger partial charge in [0.25, 0.3) is 0 Å². The first kappa shape index (κ1) is 12.3. The molecule has 1 aromatic rings. The van der Waals surface area contributed by atoms with E-state index in [1.807, 2.05) is 19.9 Å². The van der Waals surface area contributed by atoms with E-state index >= 15 is 0 Å². The van der Waals surface area contributed by atoms with Crippen LogP contribution < -0.4 is 15.2 Å². The highest BCUT2D eigenvalue weighted by molar-refractivity contribution is 9.10. The summed E-state index contributed by atoms with van der Waals surface area (Å²) in [4.78, 5) is 0. The Hall–Kier alpha value is -0.740. The van der Waals surface area contributed by atoms with E-state index in [9.17, 15) is 0 Å². The first-order valence-corrected chi connectivity index (χ1v) is 5.48. The fourth-order valence-electron chi connectivity index (χ4n) is 1.48. The van der Waals surface area contributed by atoms with Gasteiger partial charge in [-0.3, -0.25) is 0 Å². The normalized spacial score (nSPS) is 12.4. The molecule has 0 aromatic heterocycles. The number of rotatable bonds is 3. The van der Waals surface area contributed by atoms with Crippen molar-refractivity contribution in [3.8, 4) is 11.5 Å². The minimum Gasteiger partial charge on any atom is -0.496 e. The van der Waals surface area contributed by atoms with Crippen LogP contribution in [0.25, 0.3) is 0 Å². The van der Waals surface area contributed by atoms with Gasteiger partial charge in [-0.1, -0.05) is 0 Å². The van der Waals surface area contributed by atoms with Crippen LogP contribution in [0.5, 0.6) is 11.5 Å². The molecule has 1 aromatic carbocycles. The van der Waals surface area contributed by atoms with E-state index in [4.69, 9.17) is 15.2 Å². The monoisotopic (exact) mass is 273 g/mol. The van der Waals surface area contributed by atoms with E-state index in [1.54, 1.807) is 14.2 Å². The molecule has 0 bridgehead atoms. The summed E-state index contributed by atoms with van der Waals surface area (Å²) in [6, 6.07) is 1.83. The molecule has 2 N–H and O–H groups in total. The predicted molar refractivity (Wildman–Crippen MR) is 64.6 cm³/mol. The van der Waals surface area contributed by atoms with Crippen molar-refractivity contribution in [1.82, 2.24) is 0 Å². The fraction of sp³-hybridized carbons (Fsp3) is 0.455. The molecule has 3 nitrogen and oxygen atoms in total. The zero-order valence-electron chi connectivity index (χ0n) is 9.43. The van der Waals surface area contributed by atoms with Gasteiger partial charge in [0.15, 0.2) is 0 Å². The van der Waals surface area contributed by atoms with Gasteiger partial charge in [0.05, 0.1) is 18.7 Å². The second-order valence-corrected chi connectivity index (χ2v) is 4.22. The lowest BCUT2D eigenvalue weighted by molar-refractivity contribution is 0.391. The minimum atomic E-state index is -0.0919. The summed E-state index contributed by atoms with van der Waals surface area (Å²) in [6.45, 7) is 3.88. The lowest BCUT2D eigenvalue weighted by atomic mass is 10.0. The number of hydrogen-bond acceptors (Lipinski definition) is 3. The van der Waals surface area contributed by atoms with Crippen LogP contribution in [0.3, 0.4) is 0 Å². The van der Waals surface area contributed by atoms with Crippen molar-refractivity contribution in [2.75, 3.05) is 14.2 Å². The SMILES string of the molecule is COc1cc(C(C)N)c(OC)c(Br)c1C. The number of halogens is 1.